The largest absolute Gasteiger partial charge is 0.495 e. The molecule has 0 bridgehead atoms. The van der Waals surface area contributed by atoms with Crippen LogP contribution in [0.3, 0.4) is 0 Å². The zero-order valence-corrected chi connectivity index (χ0v) is 19.0. The van der Waals surface area contributed by atoms with Crippen LogP contribution in [-0.4, -0.2) is 22.1 Å². The van der Waals surface area contributed by atoms with Crippen LogP contribution < -0.4 is 10.1 Å². The Balaban J connectivity index is 1.55. The predicted molar refractivity (Wildman–Crippen MR) is 131 cm³/mol. The summed E-state index contributed by atoms with van der Waals surface area (Å²) in [5.41, 5.74) is 8.94. The zero-order chi connectivity index (χ0) is 22.8. The number of nitrogens with one attached hydrogen (secondary N) is 1. The Kier molecular flexibility index (Phi) is 5.71. The number of aromatic nitrogens is 3. The summed E-state index contributed by atoms with van der Waals surface area (Å²) in [4.78, 5) is 13.4. The van der Waals surface area contributed by atoms with E-state index in [1.54, 1.807) is 50.0 Å². The van der Waals surface area contributed by atoms with Crippen molar-refractivity contribution in [2.75, 3.05) is 12.4 Å². The van der Waals surface area contributed by atoms with Crippen LogP contribution in [0.25, 0.3) is 32.6 Å². The van der Waals surface area contributed by atoms with E-state index in [0.29, 0.717) is 17.9 Å². The third-order valence-corrected chi connectivity index (χ3v) is 6.26. The number of aryl methyl sites for hydroxylation is 1. The first-order valence-electron chi connectivity index (χ1n) is 10.4. The summed E-state index contributed by atoms with van der Waals surface area (Å²) in [6, 6.07) is 15.3. The number of rotatable bonds is 6. The second-order valence-electron chi connectivity index (χ2n) is 7.71. The van der Waals surface area contributed by atoms with Crippen molar-refractivity contribution in [2.45, 2.75) is 13.5 Å². The molecule has 0 spiro atoms. The summed E-state index contributed by atoms with van der Waals surface area (Å²) in [6.45, 7) is 2.34. The topological polar surface area (TPSA) is 59.9 Å². The molecule has 0 aliphatic heterocycles. The second-order valence-corrected chi connectivity index (χ2v) is 8.59. The fraction of sp³-hybridized carbons (Fsp3) is 0.115. The summed E-state index contributed by atoms with van der Waals surface area (Å²) in [6.07, 6.45) is 5.28. The van der Waals surface area contributed by atoms with Crippen LogP contribution >= 0.6 is 11.3 Å². The minimum Gasteiger partial charge on any atom is -0.495 e. The average molecular weight is 457 g/mol. The molecule has 33 heavy (non-hydrogen) atoms. The van der Waals surface area contributed by atoms with E-state index < -0.39 is 0 Å². The van der Waals surface area contributed by atoms with Crippen LogP contribution in [0.2, 0.25) is 0 Å². The average Bonchev–Trinajstić information content (AvgIpc) is 3.32. The molecule has 5 nitrogen and oxygen atoms in total. The summed E-state index contributed by atoms with van der Waals surface area (Å²) in [5.74, 6) is 0.490. The van der Waals surface area contributed by atoms with Crippen molar-refractivity contribution in [2.24, 2.45) is 0 Å². The third kappa shape index (κ3) is 4.40. The van der Waals surface area contributed by atoms with Gasteiger partial charge in [-0.2, -0.15) is 0 Å². The van der Waals surface area contributed by atoms with Crippen LogP contribution in [0.5, 0.6) is 5.75 Å². The van der Waals surface area contributed by atoms with Gasteiger partial charge in [-0.15, -0.1) is 11.3 Å². The van der Waals surface area contributed by atoms with Gasteiger partial charge in [-0.3, -0.25) is 9.97 Å². The lowest BCUT2D eigenvalue weighted by Crippen LogP contribution is -2.02. The molecule has 0 amide bonds. The quantitative estimate of drug-likeness (QED) is 0.316. The number of benzene rings is 2. The maximum atomic E-state index is 13.9. The number of methoxy groups -OCH3 is 1. The highest BCUT2D eigenvalue weighted by Gasteiger charge is 2.13. The summed E-state index contributed by atoms with van der Waals surface area (Å²) >= 11 is 1.60. The molecule has 0 atom stereocenters. The maximum absolute atomic E-state index is 13.9. The third-order valence-electron chi connectivity index (χ3n) is 5.46. The van der Waals surface area contributed by atoms with E-state index in [2.05, 4.69) is 33.5 Å². The van der Waals surface area contributed by atoms with Crippen molar-refractivity contribution >= 4 is 27.2 Å². The van der Waals surface area contributed by atoms with Gasteiger partial charge in [-0.1, -0.05) is 6.07 Å². The Hall–Kier alpha value is -3.84. The first-order chi connectivity index (χ1) is 16.1. The first kappa shape index (κ1) is 21.0. The molecule has 2 aromatic carbocycles. The molecule has 5 aromatic rings. The van der Waals surface area contributed by atoms with Gasteiger partial charge in [0.25, 0.3) is 0 Å². The lowest BCUT2D eigenvalue weighted by molar-refractivity contribution is 0.412. The van der Waals surface area contributed by atoms with Gasteiger partial charge < -0.3 is 10.1 Å². The molecular weight excluding hydrogens is 435 g/mol. The van der Waals surface area contributed by atoms with Gasteiger partial charge in [0.1, 0.15) is 11.6 Å². The summed E-state index contributed by atoms with van der Waals surface area (Å²) in [5, 5.41) is 3.43. The monoisotopic (exact) mass is 456 g/mol. The highest BCUT2D eigenvalue weighted by atomic mass is 32.1. The number of thiazole rings is 1. The van der Waals surface area contributed by atoms with E-state index in [0.717, 1.165) is 43.9 Å². The van der Waals surface area contributed by atoms with Crippen molar-refractivity contribution in [3.8, 4) is 28.1 Å². The van der Waals surface area contributed by atoms with Crippen LogP contribution in [-0.2, 0) is 6.54 Å². The normalized spacial score (nSPS) is 11.0. The molecule has 0 unspecified atom stereocenters. The Morgan fingerprint density at radius 3 is 2.70 bits per heavy atom. The van der Waals surface area contributed by atoms with Crippen LogP contribution in [0.15, 0.2) is 72.6 Å². The Morgan fingerprint density at radius 1 is 0.970 bits per heavy atom. The molecule has 164 valence electrons. The van der Waals surface area contributed by atoms with Gasteiger partial charge in [0.05, 0.1) is 46.6 Å². The molecule has 3 heterocycles. The Morgan fingerprint density at radius 2 is 1.85 bits per heavy atom. The zero-order valence-electron chi connectivity index (χ0n) is 18.2. The van der Waals surface area contributed by atoms with Crippen LogP contribution in [0.1, 0.15) is 11.1 Å². The van der Waals surface area contributed by atoms with Crippen molar-refractivity contribution < 1.29 is 9.13 Å². The number of pyridine rings is 2. The number of hydrogen-bond acceptors (Lipinski definition) is 6. The molecular formula is C26H21FN4OS. The van der Waals surface area contributed by atoms with E-state index in [-0.39, 0.29) is 5.82 Å². The number of nitrogens with zero attached hydrogens (tertiary/aromatic N) is 3. The minimum atomic E-state index is -0.225. The standard InChI is InChI=1S/C26H21FN4OS/c1-16-7-19(3-5-23(16)27)26-22(18-4-6-24-25(9-18)33-15-31-24)10-20(13-30-26)29-12-17-8-21(32-2)14-28-11-17/h3-11,13-15,29H,12H2,1-2H3. The van der Waals surface area contributed by atoms with Gasteiger partial charge in [0, 0.05) is 23.9 Å². The SMILES string of the molecule is COc1cncc(CNc2cnc(-c3ccc(F)c(C)c3)c(-c3ccc4ncsc4c3)c2)c1. The maximum Gasteiger partial charge on any atom is 0.137 e. The van der Waals surface area contributed by atoms with Crippen molar-refractivity contribution in [3.05, 3.63) is 89.6 Å². The highest BCUT2D eigenvalue weighted by molar-refractivity contribution is 7.16. The van der Waals surface area contributed by atoms with E-state index in [1.807, 2.05) is 23.7 Å². The molecule has 0 saturated carbocycles. The van der Waals surface area contributed by atoms with Crippen molar-refractivity contribution in [1.29, 1.82) is 0 Å². The second kappa shape index (κ2) is 8.96. The molecule has 0 saturated heterocycles. The van der Waals surface area contributed by atoms with Gasteiger partial charge in [-0.25, -0.2) is 9.37 Å². The lowest BCUT2D eigenvalue weighted by Gasteiger charge is -2.14. The fourth-order valence-electron chi connectivity index (χ4n) is 3.70. The summed E-state index contributed by atoms with van der Waals surface area (Å²) in [7, 11) is 1.63. The number of ether oxygens (including phenoxy) is 1. The molecule has 0 radical (unpaired) electrons. The molecule has 3 aromatic heterocycles. The smallest absolute Gasteiger partial charge is 0.137 e. The van der Waals surface area contributed by atoms with Crippen molar-refractivity contribution in [1.82, 2.24) is 15.0 Å². The first-order valence-corrected chi connectivity index (χ1v) is 11.3. The number of anilines is 1. The molecule has 0 aliphatic rings. The van der Waals surface area contributed by atoms with Gasteiger partial charge in [0.15, 0.2) is 0 Å². The Bertz CT molecular complexity index is 1450. The number of hydrogen-bond donors (Lipinski definition) is 1. The Labute approximate surface area is 195 Å². The lowest BCUT2D eigenvalue weighted by atomic mass is 9.97. The molecule has 7 heteroatoms. The number of fused-ring (bicyclic) bond motifs is 1. The van der Waals surface area contributed by atoms with E-state index in [1.165, 1.54) is 6.07 Å². The van der Waals surface area contributed by atoms with E-state index in [9.17, 15) is 4.39 Å². The highest BCUT2D eigenvalue weighted by Crippen LogP contribution is 2.35. The van der Waals surface area contributed by atoms with E-state index in [4.69, 9.17) is 9.72 Å². The van der Waals surface area contributed by atoms with Gasteiger partial charge in [0.2, 0.25) is 0 Å². The number of halogens is 1. The molecule has 0 fully saturated rings. The van der Waals surface area contributed by atoms with Crippen LogP contribution in [0, 0.1) is 12.7 Å². The van der Waals surface area contributed by atoms with Gasteiger partial charge in [-0.05, 0) is 66.1 Å². The minimum absolute atomic E-state index is 0.225. The van der Waals surface area contributed by atoms with Gasteiger partial charge >= 0.3 is 0 Å². The molecule has 1 N–H and O–H groups in total. The van der Waals surface area contributed by atoms with Crippen molar-refractivity contribution in [3.63, 3.8) is 0 Å². The molecule has 0 aliphatic carbocycles. The fourth-order valence-corrected chi connectivity index (χ4v) is 4.42. The summed E-state index contributed by atoms with van der Waals surface area (Å²) < 4.78 is 20.3. The predicted octanol–water partition coefficient (Wildman–Crippen LogP) is 6.49. The van der Waals surface area contributed by atoms with Crippen LogP contribution in [0.4, 0.5) is 10.1 Å². The molecule has 5 rings (SSSR count). The van der Waals surface area contributed by atoms with E-state index >= 15 is 0 Å².